The molecule has 3 amide bonds. The average Bonchev–Trinajstić information content (AvgIpc) is 3.12. The molecular formula is C27H27N3O5S. The van der Waals surface area contributed by atoms with Crippen LogP contribution in [0.4, 0.5) is 0 Å². The van der Waals surface area contributed by atoms with Gasteiger partial charge in [0.1, 0.15) is 5.25 Å². The minimum absolute atomic E-state index is 0.0981. The van der Waals surface area contributed by atoms with E-state index >= 15 is 0 Å². The molecule has 0 saturated carbocycles. The summed E-state index contributed by atoms with van der Waals surface area (Å²) in [5.41, 5.74) is 2.10. The molecule has 186 valence electrons. The number of imide groups is 1. The van der Waals surface area contributed by atoms with Crippen LogP contribution in [0, 0.1) is 0 Å². The van der Waals surface area contributed by atoms with E-state index in [-0.39, 0.29) is 30.3 Å². The fraction of sp³-hybridized carbons (Fsp3) is 0.259. The second kappa shape index (κ2) is 10.4. The molecule has 1 unspecified atom stereocenters. The molecule has 2 aromatic carbocycles. The van der Waals surface area contributed by atoms with E-state index in [1.54, 1.807) is 66.9 Å². The molecule has 0 aliphatic carbocycles. The molecule has 0 saturated heterocycles. The van der Waals surface area contributed by atoms with E-state index in [1.807, 2.05) is 13.8 Å². The zero-order valence-electron chi connectivity index (χ0n) is 20.0. The molecule has 4 rings (SSSR count). The van der Waals surface area contributed by atoms with Gasteiger partial charge in [-0.2, -0.15) is 0 Å². The summed E-state index contributed by atoms with van der Waals surface area (Å²) < 4.78 is 27.1. The van der Waals surface area contributed by atoms with Crippen molar-refractivity contribution in [2.75, 3.05) is 13.1 Å². The lowest BCUT2D eigenvalue weighted by Crippen LogP contribution is -2.36. The van der Waals surface area contributed by atoms with Gasteiger partial charge in [-0.25, -0.2) is 8.42 Å². The first kappa shape index (κ1) is 25.2. The minimum atomic E-state index is -3.85. The summed E-state index contributed by atoms with van der Waals surface area (Å²) in [4.78, 5) is 42.9. The van der Waals surface area contributed by atoms with Crippen LogP contribution in [0.1, 0.15) is 63.3 Å². The third-order valence-corrected chi connectivity index (χ3v) is 8.35. The molecule has 1 atom stereocenters. The number of fused-ring (bicyclic) bond motifs is 1. The van der Waals surface area contributed by atoms with Gasteiger partial charge in [0.15, 0.2) is 9.84 Å². The van der Waals surface area contributed by atoms with E-state index in [0.29, 0.717) is 16.7 Å². The van der Waals surface area contributed by atoms with E-state index in [4.69, 9.17) is 0 Å². The first-order valence-electron chi connectivity index (χ1n) is 11.7. The van der Waals surface area contributed by atoms with Crippen molar-refractivity contribution in [2.45, 2.75) is 36.3 Å². The van der Waals surface area contributed by atoms with Crippen LogP contribution in [0.15, 0.2) is 78.0 Å². The van der Waals surface area contributed by atoms with Crippen LogP contribution in [-0.2, 0) is 14.6 Å². The van der Waals surface area contributed by atoms with E-state index in [2.05, 4.69) is 10.3 Å². The average molecular weight is 506 g/mol. The number of pyridine rings is 1. The van der Waals surface area contributed by atoms with Gasteiger partial charge in [-0.1, -0.05) is 44.2 Å². The Bertz CT molecular complexity index is 1350. The third-order valence-electron chi connectivity index (χ3n) is 6.23. The van der Waals surface area contributed by atoms with Gasteiger partial charge in [0, 0.05) is 31.9 Å². The van der Waals surface area contributed by atoms with E-state index < -0.39 is 32.8 Å². The maximum absolute atomic E-state index is 13.5. The Morgan fingerprint density at radius 2 is 1.56 bits per heavy atom. The molecular weight excluding hydrogens is 478 g/mol. The van der Waals surface area contributed by atoms with Gasteiger partial charge in [-0.05, 0) is 47.4 Å². The summed E-state index contributed by atoms with van der Waals surface area (Å²) in [5, 5.41) is 1.61. The molecule has 0 spiro atoms. The van der Waals surface area contributed by atoms with Crippen molar-refractivity contribution in [3.8, 4) is 0 Å². The third kappa shape index (κ3) is 5.06. The predicted octanol–water partition coefficient (Wildman–Crippen LogP) is 3.52. The fourth-order valence-electron chi connectivity index (χ4n) is 4.13. The molecule has 9 heteroatoms. The number of amides is 3. The second-order valence-electron chi connectivity index (χ2n) is 8.91. The van der Waals surface area contributed by atoms with Crippen molar-refractivity contribution in [3.63, 3.8) is 0 Å². The Labute approximate surface area is 210 Å². The Morgan fingerprint density at radius 1 is 0.917 bits per heavy atom. The smallest absolute Gasteiger partial charge is 0.261 e. The van der Waals surface area contributed by atoms with E-state index in [0.717, 1.165) is 10.5 Å². The van der Waals surface area contributed by atoms with Crippen molar-refractivity contribution in [1.29, 1.82) is 0 Å². The van der Waals surface area contributed by atoms with Crippen LogP contribution in [0.25, 0.3) is 0 Å². The molecule has 1 aliphatic rings. The number of hydrogen-bond acceptors (Lipinski definition) is 6. The standard InChI is InChI=1S/C27H27N3O5S/c1-18(2)19-9-11-21(12-10-19)36(34,35)24(20-6-5-14-28-16-20)17-29-25(31)13-15-30-26(32)22-7-3-4-8-23(22)27(30)33/h3-12,14,16,18,24H,13,15,17H2,1-2H3,(H,29,31). The van der Waals surface area contributed by atoms with Gasteiger partial charge < -0.3 is 5.32 Å². The van der Waals surface area contributed by atoms with Crippen molar-refractivity contribution in [2.24, 2.45) is 0 Å². The van der Waals surface area contributed by atoms with Gasteiger partial charge in [-0.3, -0.25) is 24.3 Å². The molecule has 0 bridgehead atoms. The number of carbonyl (C=O) groups is 3. The van der Waals surface area contributed by atoms with Gasteiger partial charge >= 0.3 is 0 Å². The lowest BCUT2D eigenvalue weighted by atomic mass is 10.0. The zero-order valence-corrected chi connectivity index (χ0v) is 20.9. The number of nitrogens with one attached hydrogen (secondary N) is 1. The zero-order chi connectivity index (χ0) is 25.9. The molecule has 0 radical (unpaired) electrons. The van der Waals surface area contributed by atoms with Crippen LogP contribution in [-0.4, -0.2) is 49.1 Å². The number of benzene rings is 2. The minimum Gasteiger partial charge on any atom is -0.354 e. The normalized spacial score (nSPS) is 14.1. The molecule has 0 fully saturated rings. The number of nitrogens with zero attached hydrogens (tertiary/aromatic N) is 2. The molecule has 1 aromatic heterocycles. The Balaban J connectivity index is 1.46. The maximum Gasteiger partial charge on any atom is 0.261 e. The number of sulfone groups is 1. The lowest BCUT2D eigenvalue weighted by molar-refractivity contribution is -0.121. The van der Waals surface area contributed by atoms with E-state index in [1.165, 1.54) is 6.20 Å². The fourth-order valence-corrected chi connectivity index (χ4v) is 5.77. The number of rotatable bonds is 9. The molecule has 3 aromatic rings. The highest BCUT2D eigenvalue weighted by atomic mass is 32.2. The highest BCUT2D eigenvalue weighted by Gasteiger charge is 2.35. The van der Waals surface area contributed by atoms with E-state index in [9.17, 15) is 22.8 Å². The SMILES string of the molecule is CC(C)c1ccc(S(=O)(=O)C(CNC(=O)CCN2C(=O)c3ccccc3C2=O)c2cccnc2)cc1. The molecule has 1 N–H and O–H groups in total. The maximum atomic E-state index is 13.5. The van der Waals surface area contributed by atoms with Crippen LogP contribution in [0.3, 0.4) is 0 Å². The number of carbonyl (C=O) groups excluding carboxylic acids is 3. The predicted molar refractivity (Wildman–Crippen MR) is 134 cm³/mol. The summed E-state index contributed by atoms with van der Waals surface area (Å²) in [6.45, 7) is 3.78. The number of aromatic nitrogens is 1. The second-order valence-corrected chi connectivity index (χ2v) is 11.0. The first-order valence-corrected chi connectivity index (χ1v) is 13.2. The van der Waals surface area contributed by atoms with Crippen LogP contribution >= 0.6 is 0 Å². The first-order chi connectivity index (χ1) is 17.2. The van der Waals surface area contributed by atoms with Crippen LogP contribution in [0.5, 0.6) is 0 Å². The quantitative estimate of drug-likeness (QED) is 0.445. The summed E-state index contributed by atoms with van der Waals surface area (Å²) in [7, 11) is -3.85. The van der Waals surface area contributed by atoms with Crippen LogP contribution in [0.2, 0.25) is 0 Å². The molecule has 8 nitrogen and oxygen atoms in total. The summed E-state index contributed by atoms with van der Waals surface area (Å²) in [6, 6.07) is 16.5. The van der Waals surface area contributed by atoms with Gasteiger partial charge in [0.05, 0.1) is 16.0 Å². The van der Waals surface area contributed by atoms with Gasteiger partial charge in [0.2, 0.25) is 5.91 Å². The summed E-state index contributed by atoms with van der Waals surface area (Å²) >= 11 is 0. The van der Waals surface area contributed by atoms with Crippen molar-refractivity contribution in [3.05, 3.63) is 95.3 Å². The van der Waals surface area contributed by atoms with Gasteiger partial charge in [-0.15, -0.1) is 0 Å². The topological polar surface area (TPSA) is 114 Å². The van der Waals surface area contributed by atoms with Crippen LogP contribution < -0.4 is 5.32 Å². The Kier molecular flexibility index (Phi) is 7.30. The number of hydrogen-bond donors (Lipinski definition) is 1. The van der Waals surface area contributed by atoms with Crippen molar-refractivity contribution >= 4 is 27.6 Å². The molecule has 36 heavy (non-hydrogen) atoms. The lowest BCUT2D eigenvalue weighted by Gasteiger charge is -2.20. The molecule has 2 heterocycles. The Hall–Kier alpha value is -3.85. The highest BCUT2D eigenvalue weighted by molar-refractivity contribution is 7.91. The molecule has 1 aliphatic heterocycles. The highest BCUT2D eigenvalue weighted by Crippen LogP contribution is 2.29. The van der Waals surface area contributed by atoms with Gasteiger partial charge in [0.25, 0.3) is 11.8 Å². The summed E-state index contributed by atoms with van der Waals surface area (Å²) in [5.74, 6) is -1.09. The largest absolute Gasteiger partial charge is 0.354 e. The van der Waals surface area contributed by atoms with Crippen molar-refractivity contribution < 1.29 is 22.8 Å². The Morgan fingerprint density at radius 3 is 2.11 bits per heavy atom. The summed E-state index contributed by atoms with van der Waals surface area (Å²) in [6.07, 6.45) is 2.87. The monoisotopic (exact) mass is 505 g/mol. The van der Waals surface area contributed by atoms with Crippen molar-refractivity contribution in [1.82, 2.24) is 15.2 Å².